The Kier molecular flexibility index (Phi) is 3.93. The lowest BCUT2D eigenvalue weighted by Crippen LogP contribution is -2.32. The van der Waals surface area contributed by atoms with Crippen molar-refractivity contribution >= 4 is 0 Å². The maximum absolute atomic E-state index is 5.98. The fourth-order valence-corrected chi connectivity index (χ4v) is 1.54. The third kappa shape index (κ3) is 2.54. The van der Waals surface area contributed by atoms with Gasteiger partial charge < -0.3 is 11.5 Å². The van der Waals surface area contributed by atoms with Crippen molar-refractivity contribution in [3.05, 3.63) is 35.9 Å². The average molecular weight is 178 g/mol. The Morgan fingerprint density at radius 3 is 2.31 bits per heavy atom. The first-order valence-electron chi connectivity index (χ1n) is 4.80. The summed E-state index contributed by atoms with van der Waals surface area (Å²) in [6, 6.07) is 10.4. The summed E-state index contributed by atoms with van der Waals surface area (Å²) in [5.41, 5.74) is 12.9. The summed E-state index contributed by atoms with van der Waals surface area (Å²) in [5.74, 6) is 0.297. The Bertz CT molecular complexity index is 233. The van der Waals surface area contributed by atoms with Gasteiger partial charge in [-0.3, -0.25) is 0 Å². The minimum absolute atomic E-state index is 0.174. The van der Waals surface area contributed by atoms with Crippen molar-refractivity contribution in [1.82, 2.24) is 0 Å². The molecular formula is C11H18N2. The molecule has 0 heterocycles. The molecular weight excluding hydrogens is 160 g/mol. The highest BCUT2D eigenvalue weighted by atomic mass is 14.7. The van der Waals surface area contributed by atoms with Crippen LogP contribution in [-0.2, 0) is 0 Å². The third-order valence-corrected chi connectivity index (χ3v) is 2.47. The molecule has 2 heteroatoms. The molecule has 0 aliphatic rings. The van der Waals surface area contributed by atoms with Crippen LogP contribution < -0.4 is 11.5 Å². The Labute approximate surface area is 79.9 Å². The summed E-state index contributed by atoms with van der Waals surface area (Å²) in [4.78, 5) is 0. The number of hydrogen-bond acceptors (Lipinski definition) is 2. The van der Waals surface area contributed by atoms with Crippen molar-refractivity contribution in [2.75, 3.05) is 6.54 Å². The molecule has 0 unspecified atom stereocenters. The van der Waals surface area contributed by atoms with E-state index in [1.165, 1.54) is 5.56 Å². The Hall–Kier alpha value is -0.860. The average Bonchev–Trinajstić information content (AvgIpc) is 2.20. The van der Waals surface area contributed by atoms with E-state index in [2.05, 4.69) is 19.1 Å². The number of nitrogens with two attached hydrogens (primary N) is 2. The van der Waals surface area contributed by atoms with Crippen LogP contribution in [0.5, 0.6) is 0 Å². The van der Waals surface area contributed by atoms with Gasteiger partial charge in [-0.25, -0.2) is 0 Å². The van der Waals surface area contributed by atoms with Gasteiger partial charge in [0.1, 0.15) is 0 Å². The van der Waals surface area contributed by atoms with Crippen LogP contribution in [0.3, 0.4) is 0 Å². The minimum atomic E-state index is 0.174. The normalized spacial score (nSPS) is 15.3. The van der Waals surface area contributed by atoms with E-state index in [0.29, 0.717) is 12.5 Å². The second-order valence-corrected chi connectivity index (χ2v) is 3.32. The molecule has 0 radical (unpaired) electrons. The van der Waals surface area contributed by atoms with Crippen LogP contribution in [0.25, 0.3) is 0 Å². The first-order chi connectivity index (χ1) is 6.29. The monoisotopic (exact) mass is 178 g/mol. The van der Waals surface area contributed by atoms with Gasteiger partial charge in [-0.15, -0.1) is 0 Å². The van der Waals surface area contributed by atoms with Gasteiger partial charge in [0.2, 0.25) is 0 Å². The van der Waals surface area contributed by atoms with E-state index >= 15 is 0 Å². The van der Waals surface area contributed by atoms with Gasteiger partial charge in [0, 0.05) is 18.5 Å². The molecule has 0 fully saturated rings. The molecule has 0 bridgehead atoms. The van der Waals surface area contributed by atoms with Crippen molar-refractivity contribution < 1.29 is 0 Å². The molecule has 0 amide bonds. The van der Waals surface area contributed by atoms with Crippen LogP contribution in [0, 0.1) is 0 Å². The second-order valence-electron chi connectivity index (χ2n) is 3.32. The first-order valence-corrected chi connectivity index (χ1v) is 4.80. The summed E-state index contributed by atoms with van der Waals surface area (Å²) < 4.78 is 0. The second kappa shape index (κ2) is 5.00. The fourth-order valence-electron chi connectivity index (χ4n) is 1.54. The number of hydrogen-bond donors (Lipinski definition) is 2. The van der Waals surface area contributed by atoms with E-state index in [-0.39, 0.29) is 6.04 Å². The van der Waals surface area contributed by atoms with Crippen molar-refractivity contribution in [3.8, 4) is 0 Å². The van der Waals surface area contributed by atoms with E-state index in [9.17, 15) is 0 Å². The molecule has 72 valence electrons. The molecule has 0 aromatic heterocycles. The van der Waals surface area contributed by atoms with Crippen LogP contribution >= 0.6 is 0 Å². The first kappa shape index (κ1) is 10.2. The van der Waals surface area contributed by atoms with Crippen molar-refractivity contribution in [2.45, 2.75) is 25.3 Å². The summed E-state index contributed by atoms with van der Waals surface area (Å²) in [6.07, 6.45) is 0.969. The predicted molar refractivity (Wildman–Crippen MR) is 56.5 cm³/mol. The quantitative estimate of drug-likeness (QED) is 0.733. The Balaban J connectivity index is 2.78. The lowest BCUT2D eigenvalue weighted by atomic mass is 9.91. The van der Waals surface area contributed by atoms with E-state index in [0.717, 1.165) is 6.42 Å². The Morgan fingerprint density at radius 1 is 1.23 bits per heavy atom. The van der Waals surface area contributed by atoms with Crippen molar-refractivity contribution in [2.24, 2.45) is 11.5 Å². The molecule has 13 heavy (non-hydrogen) atoms. The molecule has 1 aromatic rings. The summed E-state index contributed by atoms with van der Waals surface area (Å²) >= 11 is 0. The molecule has 0 spiro atoms. The fraction of sp³-hybridized carbons (Fsp3) is 0.455. The highest BCUT2D eigenvalue weighted by Crippen LogP contribution is 2.18. The highest BCUT2D eigenvalue weighted by Gasteiger charge is 2.15. The standard InChI is InChI=1S/C11H18N2/c1-2-11(13)10(8-12)9-6-4-3-5-7-9/h3-7,10-11H,2,8,12-13H2,1H3/t10-,11+/m1/s1. The van der Waals surface area contributed by atoms with Crippen LogP contribution in [0.1, 0.15) is 24.8 Å². The molecule has 2 nitrogen and oxygen atoms in total. The molecule has 0 saturated carbocycles. The molecule has 0 saturated heterocycles. The molecule has 1 rings (SSSR count). The lowest BCUT2D eigenvalue weighted by molar-refractivity contribution is 0.525. The van der Waals surface area contributed by atoms with Crippen LogP contribution in [0.4, 0.5) is 0 Å². The summed E-state index contributed by atoms with van der Waals surface area (Å²) in [5, 5.41) is 0. The van der Waals surface area contributed by atoms with Crippen LogP contribution in [0.15, 0.2) is 30.3 Å². The van der Waals surface area contributed by atoms with Gasteiger partial charge in [-0.2, -0.15) is 0 Å². The van der Waals surface area contributed by atoms with Crippen molar-refractivity contribution in [1.29, 1.82) is 0 Å². The van der Waals surface area contributed by atoms with Gasteiger partial charge in [0.05, 0.1) is 0 Å². The maximum atomic E-state index is 5.98. The maximum Gasteiger partial charge on any atom is 0.0117 e. The number of rotatable bonds is 4. The van der Waals surface area contributed by atoms with Gasteiger partial charge in [0.25, 0.3) is 0 Å². The van der Waals surface area contributed by atoms with Gasteiger partial charge in [-0.05, 0) is 12.0 Å². The SMILES string of the molecule is CC[C@H](N)[C@H](CN)c1ccccc1. The number of benzene rings is 1. The molecule has 1 aromatic carbocycles. The predicted octanol–water partition coefficient (Wildman–Crippen LogP) is 1.47. The smallest absolute Gasteiger partial charge is 0.0117 e. The Morgan fingerprint density at radius 2 is 1.85 bits per heavy atom. The molecule has 0 aliphatic heterocycles. The summed E-state index contributed by atoms with van der Waals surface area (Å²) in [6.45, 7) is 2.72. The van der Waals surface area contributed by atoms with E-state index in [1.807, 2.05) is 18.2 Å². The summed E-state index contributed by atoms with van der Waals surface area (Å²) in [7, 11) is 0. The van der Waals surface area contributed by atoms with E-state index in [1.54, 1.807) is 0 Å². The van der Waals surface area contributed by atoms with E-state index in [4.69, 9.17) is 11.5 Å². The van der Waals surface area contributed by atoms with E-state index < -0.39 is 0 Å². The highest BCUT2D eigenvalue weighted by molar-refractivity contribution is 5.21. The zero-order valence-electron chi connectivity index (χ0n) is 8.11. The third-order valence-electron chi connectivity index (χ3n) is 2.47. The van der Waals surface area contributed by atoms with Gasteiger partial charge in [0.15, 0.2) is 0 Å². The molecule has 4 N–H and O–H groups in total. The molecule has 0 aliphatic carbocycles. The topological polar surface area (TPSA) is 52.0 Å². The largest absolute Gasteiger partial charge is 0.330 e. The zero-order valence-corrected chi connectivity index (χ0v) is 8.11. The van der Waals surface area contributed by atoms with Crippen LogP contribution in [0.2, 0.25) is 0 Å². The molecule has 2 atom stereocenters. The van der Waals surface area contributed by atoms with Crippen molar-refractivity contribution in [3.63, 3.8) is 0 Å². The zero-order chi connectivity index (χ0) is 9.68. The lowest BCUT2D eigenvalue weighted by Gasteiger charge is -2.21. The van der Waals surface area contributed by atoms with Crippen LogP contribution in [-0.4, -0.2) is 12.6 Å². The van der Waals surface area contributed by atoms with Gasteiger partial charge in [-0.1, -0.05) is 37.3 Å². The minimum Gasteiger partial charge on any atom is -0.330 e. The van der Waals surface area contributed by atoms with Gasteiger partial charge >= 0.3 is 0 Å².